The van der Waals surface area contributed by atoms with E-state index in [0.717, 1.165) is 0 Å². The minimum atomic E-state index is -0.327. The molecule has 0 saturated heterocycles. The summed E-state index contributed by atoms with van der Waals surface area (Å²) in [6.45, 7) is 7.17. The molecule has 0 aromatic rings. The van der Waals surface area contributed by atoms with Crippen molar-refractivity contribution < 1.29 is 19.0 Å². The van der Waals surface area contributed by atoms with E-state index in [1.165, 1.54) is 0 Å². The molecule has 0 rings (SSSR count). The SMILES string of the molecule is CCOC(C)COC(C)COC(=O)CS. The van der Waals surface area contributed by atoms with Crippen LogP contribution >= 0.6 is 12.6 Å². The Bertz CT molecular complexity index is 175. The van der Waals surface area contributed by atoms with Crippen LogP contribution in [0.1, 0.15) is 20.8 Å². The molecule has 15 heavy (non-hydrogen) atoms. The van der Waals surface area contributed by atoms with Gasteiger partial charge in [0.2, 0.25) is 0 Å². The van der Waals surface area contributed by atoms with Crippen LogP contribution in [0.4, 0.5) is 0 Å². The van der Waals surface area contributed by atoms with Gasteiger partial charge in [0.25, 0.3) is 0 Å². The van der Waals surface area contributed by atoms with Crippen molar-refractivity contribution in [2.45, 2.75) is 33.0 Å². The Balaban J connectivity index is 3.48. The number of esters is 1. The molecule has 0 saturated carbocycles. The van der Waals surface area contributed by atoms with Crippen LogP contribution in [-0.4, -0.2) is 43.8 Å². The summed E-state index contributed by atoms with van der Waals surface area (Å²) in [6.07, 6.45) is -0.0465. The molecular weight excluding hydrogens is 216 g/mol. The summed E-state index contributed by atoms with van der Waals surface area (Å²) in [5.41, 5.74) is 0. The molecule has 0 aliphatic rings. The monoisotopic (exact) mass is 236 g/mol. The molecule has 0 bridgehead atoms. The standard InChI is InChI=1S/C10H20O4S/c1-4-12-8(2)5-13-9(3)6-14-10(11)7-15/h8-9,15H,4-7H2,1-3H3. The first kappa shape index (κ1) is 14.7. The number of carbonyl (C=O) groups is 1. The Morgan fingerprint density at radius 2 is 1.80 bits per heavy atom. The van der Waals surface area contributed by atoms with Gasteiger partial charge >= 0.3 is 5.97 Å². The molecule has 0 N–H and O–H groups in total. The zero-order valence-electron chi connectivity index (χ0n) is 9.56. The van der Waals surface area contributed by atoms with Gasteiger partial charge in [0, 0.05) is 6.61 Å². The smallest absolute Gasteiger partial charge is 0.315 e. The van der Waals surface area contributed by atoms with Gasteiger partial charge in [0.1, 0.15) is 6.61 Å². The highest BCUT2D eigenvalue weighted by Crippen LogP contribution is 1.98. The lowest BCUT2D eigenvalue weighted by atomic mass is 10.4. The molecule has 90 valence electrons. The van der Waals surface area contributed by atoms with Crippen LogP contribution in [0.2, 0.25) is 0 Å². The maximum atomic E-state index is 10.8. The number of thiol groups is 1. The van der Waals surface area contributed by atoms with Crippen molar-refractivity contribution in [1.82, 2.24) is 0 Å². The van der Waals surface area contributed by atoms with Gasteiger partial charge in [-0.3, -0.25) is 4.79 Å². The van der Waals surface area contributed by atoms with E-state index >= 15 is 0 Å². The second kappa shape index (κ2) is 9.00. The largest absolute Gasteiger partial charge is 0.462 e. The van der Waals surface area contributed by atoms with E-state index in [1.807, 2.05) is 20.8 Å². The van der Waals surface area contributed by atoms with E-state index in [2.05, 4.69) is 12.6 Å². The fourth-order valence-electron chi connectivity index (χ4n) is 0.936. The van der Waals surface area contributed by atoms with Gasteiger partial charge in [-0.15, -0.1) is 0 Å². The Morgan fingerprint density at radius 1 is 1.20 bits per heavy atom. The number of carbonyl (C=O) groups excluding carboxylic acids is 1. The van der Waals surface area contributed by atoms with Crippen molar-refractivity contribution in [3.05, 3.63) is 0 Å². The Kier molecular flexibility index (Phi) is 8.85. The summed E-state index contributed by atoms with van der Waals surface area (Å²) in [4.78, 5) is 10.8. The third-order valence-corrected chi connectivity index (χ3v) is 1.93. The van der Waals surface area contributed by atoms with E-state index in [1.54, 1.807) is 0 Å². The van der Waals surface area contributed by atoms with E-state index in [4.69, 9.17) is 14.2 Å². The van der Waals surface area contributed by atoms with Gasteiger partial charge in [-0.1, -0.05) is 0 Å². The molecule has 0 aliphatic heterocycles. The molecule has 0 aliphatic carbocycles. The second-order valence-electron chi connectivity index (χ2n) is 3.25. The summed E-state index contributed by atoms with van der Waals surface area (Å²) in [5, 5.41) is 0. The van der Waals surface area contributed by atoms with Crippen molar-refractivity contribution in [3.8, 4) is 0 Å². The first-order chi connectivity index (χ1) is 7.10. The van der Waals surface area contributed by atoms with E-state index in [9.17, 15) is 4.79 Å². The van der Waals surface area contributed by atoms with Crippen molar-refractivity contribution in [2.75, 3.05) is 25.6 Å². The topological polar surface area (TPSA) is 44.8 Å². The van der Waals surface area contributed by atoms with Gasteiger partial charge in [-0.05, 0) is 20.8 Å². The third kappa shape index (κ3) is 8.72. The van der Waals surface area contributed by atoms with Crippen molar-refractivity contribution in [1.29, 1.82) is 0 Å². The highest BCUT2D eigenvalue weighted by atomic mass is 32.1. The lowest BCUT2D eigenvalue weighted by Crippen LogP contribution is -2.24. The zero-order valence-corrected chi connectivity index (χ0v) is 10.5. The number of hydrogen-bond donors (Lipinski definition) is 1. The number of hydrogen-bond acceptors (Lipinski definition) is 5. The van der Waals surface area contributed by atoms with Gasteiger partial charge < -0.3 is 14.2 Å². The number of ether oxygens (including phenoxy) is 3. The first-order valence-electron chi connectivity index (χ1n) is 5.09. The van der Waals surface area contributed by atoms with Crippen molar-refractivity contribution in [3.63, 3.8) is 0 Å². The lowest BCUT2D eigenvalue weighted by Gasteiger charge is -2.16. The lowest BCUT2D eigenvalue weighted by molar-refractivity contribution is -0.145. The maximum absolute atomic E-state index is 10.8. The van der Waals surface area contributed by atoms with Gasteiger partial charge in [-0.25, -0.2) is 0 Å². The average Bonchev–Trinajstić information content (AvgIpc) is 2.23. The maximum Gasteiger partial charge on any atom is 0.315 e. The molecule has 0 heterocycles. The molecule has 2 atom stereocenters. The molecule has 0 spiro atoms. The molecule has 0 aromatic heterocycles. The van der Waals surface area contributed by atoms with Crippen molar-refractivity contribution >= 4 is 18.6 Å². The predicted molar refractivity (Wildman–Crippen MR) is 61.3 cm³/mol. The molecule has 2 unspecified atom stereocenters. The third-order valence-electron chi connectivity index (χ3n) is 1.67. The fourth-order valence-corrected chi connectivity index (χ4v) is 1.03. The molecule has 0 amide bonds. The van der Waals surface area contributed by atoms with Crippen LogP contribution in [0.15, 0.2) is 0 Å². The molecule has 4 nitrogen and oxygen atoms in total. The quantitative estimate of drug-likeness (QED) is 0.509. The summed E-state index contributed by atoms with van der Waals surface area (Å²) in [5.74, 6) is -0.228. The molecule has 0 fully saturated rings. The summed E-state index contributed by atoms with van der Waals surface area (Å²) < 4.78 is 15.6. The molecule has 0 radical (unpaired) electrons. The van der Waals surface area contributed by atoms with Crippen LogP contribution in [0.25, 0.3) is 0 Å². The van der Waals surface area contributed by atoms with Crippen molar-refractivity contribution in [2.24, 2.45) is 0 Å². The van der Waals surface area contributed by atoms with Gasteiger partial charge in [-0.2, -0.15) is 12.6 Å². The minimum Gasteiger partial charge on any atom is -0.462 e. The van der Waals surface area contributed by atoms with Gasteiger partial charge in [0.05, 0.1) is 24.6 Å². The first-order valence-corrected chi connectivity index (χ1v) is 5.73. The van der Waals surface area contributed by atoms with Crippen LogP contribution in [0.5, 0.6) is 0 Å². The van der Waals surface area contributed by atoms with Crippen LogP contribution < -0.4 is 0 Å². The summed E-state index contributed by atoms with van der Waals surface area (Å²) >= 11 is 3.80. The molecular formula is C10H20O4S. The van der Waals surface area contributed by atoms with E-state index in [0.29, 0.717) is 13.2 Å². The summed E-state index contributed by atoms with van der Waals surface area (Å²) in [7, 11) is 0. The zero-order chi connectivity index (χ0) is 11.7. The van der Waals surface area contributed by atoms with Gasteiger partial charge in [0.15, 0.2) is 0 Å². The molecule has 5 heteroatoms. The molecule has 0 aromatic carbocycles. The average molecular weight is 236 g/mol. The predicted octanol–water partition coefficient (Wildman–Crippen LogP) is 1.29. The Morgan fingerprint density at radius 3 is 2.33 bits per heavy atom. The van der Waals surface area contributed by atoms with Crippen LogP contribution in [0, 0.1) is 0 Å². The van der Waals surface area contributed by atoms with Crippen LogP contribution in [0.3, 0.4) is 0 Å². The summed E-state index contributed by atoms with van der Waals surface area (Å²) in [6, 6.07) is 0. The highest BCUT2D eigenvalue weighted by Gasteiger charge is 2.08. The van der Waals surface area contributed by atoms with E-state index < -0.39 is 0 Å². The Hall–Kier alpha value is -0.260. The minimum absolute atomic E-state index is 0.0676. The number of rotatable bonds is 8. The van der Waals surface area contributed by atoms with Crippen LogP contribution in [-0.2, 0) is 19.0 Å². The van der Waals surface area contributed by atoms with E-state index in [-0.39, 0.29) is 30.5 Å². The fraction of sp³-hybridized carbons (Fsp3) is 0.900. The normalized spacial score (nSPS) is 14.7. The second-order valence-corrected chi connectivity index (χ2v) is 3.57. The highest BCUT2D eigenvalue weighted by molar-refractivity contribution is 7.81. The Labute approximate surface area is 96.7 Å².